The SMILES string of the molecule is CCCCCC(=O)OCCOCCOCCOCCOCCOCCOCC(=O)OC. The van der Waals surface area contributed by atoms with Crippen LogP contribution >= 0.6 is 0 Å². The van der Waals surface area contributed by atoms with E-state index in [1.165, 1.54) is 7.11 Å². The Morgan fingerprint density at radius 3 is 1.39 bits per heavy atom. The van der Waals surface area contributed by atoms with Gasteiger partial charge in [0.05, 0.1) is 79.8 Å². The summed E-state index contributed by atoms with van der Waals surface area (Å²) >= 11 is 0. The van der Waals surface area contributed by atoms with E-state index in [-0.39, 0.29) is 19.2 Å². The highest BCUT2D eigenvalue weighted by Crippen LogP contribution is 2.00. The molecule has 0 heterocycles. The molecule has 0 aromatic carbocycles. The Bertz CT molecular complexity index is 406. The fraction of sp³-hybridized carbons (Fsp3) is 0.905. The first-order valence-corrected chi connectivity index (χ1v) is 10.9. The summed E-state index contributed by atoms with van der Waals surface area (Å²) in [4.78, 5) is 22.2. The molecular weight excluding hydrogens is 412 g/mol. The fourth-order valence-electron chi connectivity index (χ4n) is 2.12. The first-order chi connectivity index (χ1) is 15.2. The van der Waals surface area contributed by atoms with Crippen LogP contribution in [0.15, 0.2) is 0 Å². The Morgan fingerprint density at radius 2 is 0.968 bits per heavy atom. The second-order valence-electron chi connectivity index (χ2n) is 6.37. The lowest BCUT2D eigenvalue weighted by Crippen LogP contribution is -2.16. The smallest absolute Gasteiger partial charge is 0.331 e. The van der Waals surface area contributed by atoms with Gasteiger partial charge in [-0.3, -0.25) is 4.79 Å². The standard InChI is InChI=1S/C21H40O10/c1-3-4-5-6-20(22)31-18-17-29-14-13-27-10-9-25-7-8-26-11-12-28-15-16-30-19-21(23)24-2/h3-19H2,1-2H3. The predicted molar refractivity (Wildman–Crippen MR) is 112 cm³/mol. The Kier molecular flexibility index (Phi) is 23.9. The highest BCUT2D eigenvalue weighted by atomic mass is 16.6. The third-order valence-corrected chi connectivity index (χ3v) is 3.78. The number of hydrogen-bond donors (Lipinski definition) is 0. The average molecular weight is 453 g/mol. The van der Waals surface area contributed by atoms with Crippen molar-refractivity contribution >= 4 is 11.9 Å². The highest BCUT2D eigenvalue weighted by Gasteiger charge is 2.02. The van der Waals surface area contributed by atoms with E-state index in [2.05, 4.69) is 11.7 Å². The van der Waals surface area contributed by atoms with Crippen molar-refractivity contribution in [2.45, 2.75) is 32.6 Å². The summed E-state index contributed by atoms with van der Waals surface area (Å²) in [6, 6.07) is 0. The maximum absolute atomic E-state index is 11.4. The number of rotatable bonds is 24. The van der Waals surface area contributed by atoms with Crippen molar-refractivity contribution in [2.75, 3.05) is 93.0 Å². The zero-order valence-electron chi connectivity index (χ0n) is 19.1. The minimum Gasteiger partial charge on any atom is -0.467 e. The van der Waals surface area contributed by atoms with Gasteiger partial charge in [0.1, 0.15) is 13.2 Å². The number of unbranched alkanes of at least 4 members (excludes halogenated alkanes) is 2. The normalized spacial score (nSPS) is 10.9. The van der Waals surface area contributed by atoms with Crippen molar-refractivity contribution in [2.24, 2.45) is 0 Å². The van der Waals surface area contributed by atoms with Gasteiger partial charge < -0.3 is 37.9 Å². The zero-order chi connectivity index (χ0) is 22.8. The molecule has 0 bridgehead atoms. The van der Waals surface area contributed by atoms with Crippen molar-refractivity contribution in [3.63, 3.8) is 0 Å². The summed E-state index contributed by atoms with van der Waals surface area (Å²) in [6.07, 6.45) is 3.49. The van der Waals surface area contributed by atoms with E-state index in [1.54, 1.807) is 0 Å². The van der Waals surface area contributed by atoms with E-state index in [9.17, 15) is 9.59 Å². The molecule has 0 aromatic rings. The molecule has 0 radical (unpaired) electrons. The lowest BCUT2D eigenvalue weighted by Gasteiger charge is -2.08. The van der Waals surface area contributed by atoms with Crippen molar-refractivity contribution in [3.05, 3.63) is 0 Å². The molecule has 0 rings (SSSR count). The molecule has 0 aliphatic heterocycles. The molecule has 184 valence electrons. The Morgan fingerprint density at radius 1 is 0.548 bits per heavy atom. The van der Waals surface area contributed by atoms with Crippen LogP contribution in [0.1, 0.15) is 32.6 Å². The lowest BCUT2D eigenvalue weighted by atomic mass is 10.2. The largest absolute Gasteiger partial charge is 0.467 e. The molecule has 0 saturated heterocycles. The lowest BCUT2D eigenvalue weighted by molar-refractivity contribution is -0.146. The van der Waals surface area contributed by atoms with Crippen LogP contribution in [-0.4, -0.2) is 105 Å². The third kappa shape index (κ3) is 24.8. The van der Waals surface area contributed by atoms with E-state index >= 15 is 0 Å². The monoisotopic (exact) mass is 452 g/mol. The summed E-state index contributed by atoms with van der Waals surface area (Å²) in [5.74, 6) is -0.571. The van der Waals surface area contributed by atoms with Crippen LogP contribution in [0.25, 0.3) is 0 Å². The summed E-state index contributed by atoms with van der Waals surface area (Å²) < 4.78 is 41.3. The van der Waals surface area contributed by atoms with Gasteiger partial charge in [-0.05, 0) is 6.42 Å². The van der Waals surface area contributed by atoms with Crippen LogP contribution in [0, 0.1) is 0 Å². The van der Waals surface area contributed by atoms with Crippen LogP contribution in [-0.2, 0) is 47.5 Å². The summed E-state index contributed by atoms with van der Waals surface area (Å²) in [5.41, 5.74) is 0. The Hall–Kier alpha value is -1.30. The summed E-state index contributed by atoms with van der Waals surface area (Å²) in [6.45, 7) is 7.13. The fourth-order valence-corrected chi connectivity index (χ4v) is 2.12. The topological polar surface area (TPSA) is 108 Å². The molecule has 0 unspecified atom stereocenters. The maximum Gasteiger partial charge on any atom is 0.331 e. The maximum atomic E-state index is 11.4. The highest BCUT2D eigenvalue weighted by molar-refractivity contribution is 5.70. The number of carbonyl (C=O) groups excluding carboxylic acids is 2. The predicted octanol–water partition coefficient (Wildman–Crippen LogP) is 1.38. The number of methoxy groups -OCH3 is 1. The number of ether oxygens (including phenoxy) is 8. The molecule has 0 aromatic heterocycles. The number of esters is 2. The van der Waals surface area contributed by atoms with Gasteiger partial charge in [-0.2, -0.15) is 0 Å². The van der Waals surface area contributed by atoms with Crippen molar-refractivity contribution < 1.29 is 47.5 Å². The molecule has 0 spiro atoms. The van der Waals surface area contributed by atoms with Gasteiger partial charge in [-0.25, -0.2) is 4.79 Å². The molecule has 0 fully saturated rings. The van der Waals surface area contributed by atoms with Crippen molar-refractivity contribution in [1.29, 1.82) is 0 Å². The molecule has 0 saturated carbocycles. The van der Waals surface area contributed by atoms with Gasteiger partial charge in [0, 0.05) is 6.42 Å². The second-order valence-corrected chi connectivity index (χ2v) is 6.37. The van der Waals surface area contributed by atoms with Gasteiger partial charge in [0.25, 0.3) is 0 Å². The van der Waals surface area contributed by atoms with Crippen LogP contribution < -0.4 is 0 Å². The van der Waals surface area contributed by atoms with Crippen LogP contribution in [0.3, 0.4) is 0 Å². The van der Waals surface area contributed by atoms with E-state index in [4.69, 9.17) is 33.2 Å². The van der Waals surface area contributed by atoms with Gasteiger partial charge in [0.15, 0.2) is 0 Å². The van der Waals surface area contributed by atoms with Gasteiger partial charge in [0.2, 0.25) is 0 Å². The van der Waals surface area contributed by atoms with Crippen LogP contribution in [0.4, 0.5) is 0 Å². The van der Waals surface area contributed by atoms with Crippen LogP contribution in [0.5, 0.6) is 0 Å². The van der Waals surface area contributed by atoms with Crippen molar-refractivity contribution in [1.82, 2.24) is 0 Å². The molecule has 0 aliphatic rings. The van der Waals surface area contributed by atoms with Gasteiger partial charge >= 0.3 is 11.9 Å². The summed E-state index contributed by atoms with van der Waals surface area (Å²) in [5, 5.41) is 0. The molecule has 10 nitrogen and oxygen atoms in total. The zero-order valence-corrected chi connectivity index (χ0v) is 19.1. The van der Waals surface area contributed by atoms with Crippen LogP contribution in [0.2, 0.25) is 0 Å². The Labute approximate surface area is 185 Å². The minimum absolute atomic E-state index is 0.0686. The van der Waals surface area contributed by atoms with E-state index in [1.807, 2.05) is 0 Å². The van der Waals surface area contributed by atoms with Gasteiger partial charge in [-0.15, -0.1) is 0 Å². The van der Waals surface area contributed by atoms with E-state index in [0.29, 0.717) is 79.1 Å². The van der Waals surface area contributed by atoms with E-state index < -0.39 is 5.97 Å². The first-order valence-electron chi connectivity index (χ1n) is 10.9. The molecule has 31 heavy (non-hydrogen) atoms. The molecule has 10 heteroatoms. The van der Waals surface area contributed by atoms with E-state index in [0.717, 1.165) is 19.3 Å². The third-order valence-electron chi connectivity index (χ3n) is 3.78. The molecule has 0 aliphatic carbocycles. The number of carbonyl (C=O) groups is 2. The molecular formula is C21H40O10. The van der Waals surface area contributed by atoms with Crippen molar-refractivity contribution in [3.8, 4) is 0 Å². The number of hydrogen-bond acceptors (Lipinski definition) is 10. The second kappa shape index (κ2) is 25.0. The molecule has 0 amide bonds. The minimum atomic E-state index is -0.408. The average Bonchev–Trinajstić information content (AvgIpc) is 2.77. The molecule has 0 atom stereocenters. The Balaban J connectivity index is 3.09. The van der Waals surface area contributed by atoms with Gasteiger partial charge in [-0.1, -0.05) is 19.8 Å². The summed E-state index contributed by atoms with van der Waals surface area (Å²) in [7, 11) is 1.31. The molecule has 0 N–H and O–H groups in total. The first kappa shape index (κ1) is 29.7. The quantitative estimate of drug-likeness (QED) is 0.157.